The topological polar surface area (TPSA) is 29.1 Å². The summed E-state index contributed by atoms with van der Waals surface area (Å²) in [5.41, 5.74) is -0.888. The van der Waals surface area contributed by atoms with Crippen molar-refractivity contribution in [3.8, 4) is 12.3 Å². The summed E-state index contributed by atoms with van der Waals surface area (Å²) in [5, 5.41) is 2.75. The maximum atomic E-state index is 12.8. The third-order valence-corrected chi connectivity index (χ3v) is 3.38. The lowest BCUT2D eigenvalue weighted by Gasteiger charge is -2.14. The summed E-state index contributed by atoms with van der Waals surface area (Å²) in [6, 6.07) is 3.06. The zero-order valence-corrected chi connectivity index (χ0v) is 10.8. The van der Waals surface area contributed by atoms with Gasteiger partial charge in [-0.15, -0.1) is 6.42 Å². The number of rotatable bonds is 2. The Balaban J connectivity index is 2.26. The number of hydrogen-bond donors (Lipinski definition) is 1. The molecule has 1 aliphatic carbocycles. The van der Waals surface area contributed by atoms with Crippen LogP contribution in [0.5, 0.6) is 0 Å². The van der Waals surface area contributed by atoms with Crippen LogP contribution >= 0.6 is 0 Å². The van der Waals surface area contributed by atoms with Gasteiger partial charge in [0, 0.05) is 17.2 Å². The Kier molecular flexibility index (Phi) is 4.03. The normalized spacial score (nSPS) is 15.9. The first kappa shape index (κ1) is 14.4. The van der Waals surface area contributed by atoms with Gasteiger partial charge in [-0.05, 0) is 31.0 Å². The SMILES string of the molecule is C#Cc1cc(C(=O)NC2CCCC2)cc(C(F)(F)F)c1. The van der Waals surface area contributed by atoms with Crippen molar-refractivity contribution in [1.29, 1.82) is 0 Å². The van der Waals surface area contributed by atoms with Crippen LogP contribution in [0.15, 0.2) is 18.2 Å². The third-order valence-electron chi connectivity index (χ3n) is 3.38. The summed E-state index contributed by atoms with van der Waals surface area (Å²) in [7, 11) is 0. The molecule has 0 bridgehead atoms. The first-order valence-corrected chi connectivity index (χ1v) is 6.40. The van der Waals surface area contributed by atoms with E-state index in [1.165, 1.54) is 6.07 Å². The molecule has 1 fully saturated rings. The van der Waals surface area contributed by atoms with Crippen LogP contribution in [0.4, 0.5) is 13.2 Å². The van der Waals surface area contributed by atoms with Crippen molar-refractivity contribution in [1.82, 2.24) is 5.32 Å². The molecule has 0 radical (unpaired) electrons. The average molecular weight is 281 g/mol. The van der Waals surface area contributed by atoms with Gasteiger partial charge in [0.15, 0.2) is 0 Å². The summed E-state index contributed by atoms with van der Waals surface area (Å²) < 4.78 is 38.3. The zero-order valence-electron chi connectivity index (χ0n) is 10.8. The Morgan fingerprint density at radius 1 is 1.25 bits per heavy atom. The molecule has 1 aliphatic rings. The molecule has 0 atom stereocenters. The third kappa shape index (κ3) is 3.32. The highest BCUT2D eigenvalue weighted by molar-refractivity contribution is 5.95. The first-order chi connectivity index (χ1) is 9.40. The fourth-order valence-electron chi connectivity index (χ4n) is 2.34. The number of terminal acetylenes is 1. The Morgan fingerprint density at radius 3 is 2.45 bits per heavy atom. The van der Waals surface area contributed by atoms with Crippen molar-refractivity contribution in [2.75, 3.05) is 0 Å². The van der Waals surface area contributed by atoms with Gasteiger partial charge in [-0.25, -0.2) is 0 Å². The van der Waals surface area contributed by atoms with E-state index in [1.54, 1.807) is 0 Å². The van der Waals surface area contributed by atoms with Crippen LogP contribution in [0, 0.1) is 12.3 Å². The summed E-state index contributed by atoms with van der Waals surface area (Å²) in [5.74, 6) is 1.65. The second-order valence-electron chi connectivity index (χ2n) is 4.90. The Hall–Kier alpha value is -1.96. The standard InChI is InChI=1S/C15H14F3NO/c1-2-10-7-11(9-12(8-10)15(16,17)18)14(20)19-13-5-3-4-6-13/h1,7-9,13H,3-6H2,(H,19,20). The lowest BCUT2D eigenvalue weighted by molar-refractivity contribution is -0.137. The number of benzene rings is 1. The molecule has 1 N–H and O–H groups in total. The quantitative estimate of drug-likeness (QED) is 0.827. The van der Waals surface area contributed by atoms with Crippen LogP contribution in [0.3, 0.4) is 0 Å². The van der Waals surface area contributed by atoms with Crippen LogP contribution in [0.25, 0.3) is 0 Å². The van der Waals surface area contributed by atoms with E-state index >= 15 is 0 Å². The molecule has 20 heavy (non-hydrogen) atoms. The molecule has 1 aromatic carbocycles. The minimum Gasteiger partial charge on any atom is -0.349 e. The van der Waals surface area contributed by atoms with Crippen LogP contribution in [0.2, 0.25) is 0 Å². The van der Waals surface area contributed by atoms with Gasteiger partial charge in [-0.3, -0.25) is 4.79 Å². The van der Waals surface area contributed by atoms with Crippen molar-refractivity contribution >= 4 is 5.91 Å². The van der Waals surface area contributed by atoms with Crippen LogP contribution in [-0.2, 0) is 6.18 Å². The predicted molar refractivity (Wildman–Crippen MR) is 69.1 cm³/mol. The molecule has 5 heteroatoms. The molecule has 0 unspecified atom stereocenters. The van der Waals surface area contributed by atoms with E-state index in [1.807, 2.05) is 0 Å². The van der Waals surface area contributed by atoms with Gasteiger partial charge < -0.3 is 5.32 Å². The minimum atomic E-state index is -4.52. The van der Waals surface area contributed by atoms with Gasteiger partial charge >= 0.3 is 6.18 Å². The fraction of sp³-hybridized carbons (Fsp3) is 0.400. The molecule has 0 aromatic heterocycles. The van der Waals surface area contributed by atoms with Crippen molar-refractivity contribution in [3.05, 3.63) is 34.9 Å². The minimum absolute atomic E-state index is 0.0420. The van der Waals surface area contributed by atoms with E-state index in [0.29, 0.717) is 0 Å². The monoisotopic (exact) mass is 281 g/mol. The number of amides is 1. The number of alkyl halides is 3. The van der Waals surface area contributed by atoms with Crippen molar-refractivity contribution in [3.63, 3.8) is 0 Å². The molecular formula is C15H14F3NO. The lowest BCUT2D eigenvalue weighted by Crippen LogP contribution is -2.32. The smallest absolute Gasteiger partial charge is 0.349 e. The Morgan fingerprint density at radius 2 is 1.90 bits per heavy atom. The van der Waals surface area contributed by atoms with E-state index < -0.39 is 17.6 Å². The molecular weight excluding hydrogens is 267 g/mol. The molecule has 106 valence electrons. The van der Waals surface area contributed by atoms with E-state index in [2.05, 4.69) is 11.2 Å². The number of carbonyl (C=O) groups excluding carboxylic acids is 1. The lowest BCUT2D eigenvalue weighted by atomic mass is 10.0. The molecule has 2 nitrogen and oxygen atoms in total. The van der Waals surface area contributed by atoms with Crippen LogP contribution in [-0.4, -0.2) is 11.9 Å². The van der Waals surface area contributed by atoms with Crippen molar-refractivity contribution in [2.45, 2.75) is 37.9 Å². The van der Waals surface area contributed by atoms with Crippen molar-refractivity contribution < 1.29 is 18.0 Å². The van der Waals surface area contributed by atoms with Gasteiger partial charge in [-0.1, -0.05) is 18.8 Å². The van der Waals surface area contributed by atoms with Crippen LogP contribution < -0.4 is 5.32 Å². The van der Waals surface area contributed by atoms with Gasteiger partial charge in [0.2, 0.25) is 0 Å². The highest BCUT2D eigenvalue weighted by Gasteiger charge is 2.32. The van der Waals surface area contributed by atoms with Crippen LogP contribution in [0.1, 0.15) is 47.2 Å². The molecule has 0 heterocycles. The summed E-state index contributed by atoms with van der Waals surface area (Å²) in [6.07, 6.45) is 4.42. The second-order valence-corrected chi connectivity index (χ2v) is 4.90. The number of hydrogen-bond acceptors (Lipinski definition) is 1. The van der Waals surface area contributed by atoms with E-state index in [0.717, 1.165) is 37.8 Å². The molecule has 0 saturated heterocycles. The molecule has 1 amide bonds. The van der Waals surface area contributed by atoms with Gasteiger partial charge in [0.05, 0.1) is 5.56 Å². The van der Waals surface area contributed by atoms with Gasteiger partial charge in [0.25, 0.3) is 5.91 Å². The highest BCUT2D eigenvalue weighted by Crippen LogP contribution is 2.30. The predicted octanol–water partition coefficient (Wildman–Crippen LogP) is 3.36. The Bertz CT molecular complexity index is 551. The zero-order chi connectivity index (χ0) is 14.8. The van der Waals surface area contributed by atoms with Gasteiger partial charge in [-0.2, -0.15) is 13.2 Å². The largest absolute Gasteiger partial charge is 0.416 e. The molecule has 2 rings (SSSR count). The van der Waals surface area contributed by atoms with E-state index in [-0.39, 0.29) is 17.2 Å². The molecule has 0 spiro atoms. The second kappa shape index (κ2) is 5.58. The summed E-state index contributed by atoms with van der Waals surface area (Å²) in [6.45, 7) is 0. The summed E-state index contributed by atoms with van der Waals surface area (Å²) in [4.78, 5) is 12.0. The first-order valence-electron chi connectivity index (χ1n) is 6.40. The van der Waals surface area contributed by atoms with Crippen molar-refractivity contribution in [2.24, 2.45) is 0 Å². The maximum Gasteiger partial charge on any atom is 0.416 e. The fourth-order valence-corrected chi connectivity index (χ4v) is 2.34. The highest BCUT2D eigenvalue weighted by atomic mass is 19.4. The van der Waals surface area contributed by atoms with Gasteiger partial charge in [0.1, 0.15) is 0 Å². The molecule has 0 aliphatic heterocycles. The number of halogens is 3. The number of carbonyl (C=O) groups is 1. The van der Waals surface area contributed by atoms with E-state index in [4.69, 9.17) is 6.42 Å². The Labute approximate surface area is 115 Å². The number of nitrogens with one attached hydrogen (secondary N) is 1. The molecule has 1 aromatic rings. The average Bonchev–Trinajstić information content (AvgIpc) is 2.90. The molecule has 1 saturated carbocycles. The van der Waals surface area contributed by atoms with E-state index in [9.17, 15) is 18.0 Å². The summed E-state index contributed by atoms with van der Waals surface area (Å²) >= 11 is 0. The maximum absolute atomic E-state index is 12.8.